The zero-order chi connectivity index (χ0) is 18.2. The van der Waals surface area contributed by atoms with Crippen LogP contribution < -0.4 is 16.5 Å². The Labute approximate surface area is 140 Å². The number of nitrogens with two attached hydrogens (primary N) is 1. The SMILES string of the molecule is Nc1nc(NCCCC(=O)O)nc(N/N=C/c2ccc([N+](=O)[O-])o2)n1. The first-order chi connectivity index (χ1) is 11.9. The Balaban J connectivity index is 1.93. The lowest BCUT2D eigenvalue weighted by Crippen LogP contribution is -2.11. The van der Waals surface area contributed by atoms with Gasteiger partial charge in [0.2, 0.25) is 17.8 Å². The average Bonchev–Trinajstić information content (AvgIpc) is 3.00. The van der Waals surface area contributed by atoms with E-state index in [1.165, 1.54) is 18.3 Å². The molecule has 2 rings (SSSR count). The number of aliphatic carboxylic acids is 1. The van der Waals surface area contributed by atoms with Crippen molar-refractivity contribution in [3.05, 3.63) is 28.0 Å². The van der Waals surface area contributed by atoms with Crippen LogP contribution in [0.4, 0.5) is 23.7 Å². The van der Waals surface area contributed by atoms with E-state index in [1.807, 2.05) is 0 Å². The number of aromatic nitrogens is 3. The Morgan fingerprint density at radius 1 is 1.40 bits per heavy atom. The van der Waals surface area contributed by atoms with Crippen LogP contribution in [-0.2, 0) is 4.79 Å². The summed E-state index contributed by atoms with van der Waals surface area (Å²) in [5.74, 6) is -1.02. The first-order valence-corrected chi connectivity index (χ1v) is 6.94. The lowest BCUT2D eigenvalue weighted by molar-refractivity contribution is -0.402. The van der Waals surface area contributed by atoms with Gasteiger partial charge in [-0.3, -0.25) is 14.9 Å². The highest BCUT2D eigenvalue weighted by atomic mass is 16.6. The van der Waals surface area contributed by atoms with Crippen LogP contribution in [0.15, 0.2) is 21.7 Å². The van der Waals surface area contributed by atoms with Gasteiger partial charge in [-0.05, 0) is 12.5 Å². The summed E-state index contributed by atoms with van der Waals surface area (Å²) in [4.78, 5) is 31.9. The number of anilines is 3. The van der Waals surface area contributed by atoms with E-state index in [2.05, 4.69) is 30.8 Å². The van der Waals surface area contributed by atoms with Gasteiger partial charge in [0.25, 0.3) is 0 Å². The van der Waals surface area contributed by atoms with Crippen LogP contribution in [0.3, 0.4) is 0 Å². The maximum atomic E-state index is 10.5. The number of nitrogens with one attached hydrogen (secondary N) is 2. The molecular weight excluding hydrogens is 336 g/mol. The Morgan fingerprint density at radius 3 is 2.84 bits per heavy atom. The molecule has 0 aromatic carbocycles. The normalized spacial score (nSPS) is 10.7. The lowest BCUT2D eigenvalue weighted by atomic mass is 10.3. The van der Waals surface area contributed by atoms with Gasteiger partial charge in [-0.25, -0.2) is 5.43 Å². The average molecular weight is 350 g/mol. The van der Waals surface area contributed by atoms with Gasteiger partial charge in [-0.2, -0.15) is 20.1 Å². The van der Waals surface area contributed by atoms with Gasteiger partial charge in [0.1, 0.15) is 4.92 Å². The Morgan fingerprint density at radius 2 is 2.16 bits per heavy atom. The number of hydrazone groups is 1. The Hall–Kier alpha value is -3.77. The van der Waals surface area contributed by atoms with Crippen molar-refractivity contribution in [2.45, 2.75) is 12.8 Å². The molecule has 0 saturated carbocycles. The molecule has 0 spiro atoms. The molecule has 2 aromatic heterocycles. The summed E-state index contributed by atoms with van der Waals surface area (Å²) in [6, 6.07) is 2.57. The molecule has 2 heterocycles. The zero-order valence-electron chi connectivity index (χ0n) is 12.7. The maximum absolute atomic E-state index is 10.5. The van der Waals surface area contributed by atoms with Crippen molar-refractivity contribution in [2.24, 2.45) is 5.10 Å². The number of hydrogen-bond donors (Lipinski definition) is 4. The summed E-state index contributed by atoms with van der Waals surface area (Å²) in [5.41, 5.74) is 8.03. The van der Waals surface area contributed by atoms with E-state index >= 15 is 0 Å². The third-order valence-corrected chi connectivity index (χ3v) is 2.65. The molecule has 0 saturated heterocycles. The second-order valence-electron chi connectivity index (χ2n) is 4.57. The molecule has 13 nitrogen and oxygen atoms in total. The van der Waals surface area contributed by atoms with Crippen molar-refractivity contribution in [3.8, 4) is 0 Å². The predicted octanol–water partition coefficient (Wildman–Crippen LogP) is 0.678. The molecule has 0 aliphatic carbocycles. The molecule has 0 atom stereocenters. The number of rotatable bonds is 9. The number of furan rings is 1. The minimum absolute atomic E-state index is 0.0122. The minimum Gasteiger partial charge on any atom is -0.481 e. The van der Waals surface area contributed by atoms with Crippen LogP contribution >= 0.6 is 0 Å². The fourth-order valence-corrected chi connectivity index (χ4v) is 1.62. The smallest absolute Gasteiger partial charge is 0.433 e. The summed E-state index contributed by atoms with van der Waals surface area (Å²) >= 11 is 0. The standard InChI is InChI=1S/C12H14N8O5/c13-10-16-11(14-5-1-2-9(21)22)18-12(17-10)19-15-6-7-3-4-8(25-7)20(23)24/h3-4,6H,1-2,5H2,(H,21,22)(H4,13,14,16,17,18,19)/b15-6+. The number of carboxylic acid groups (broad SMARTS) is 1. The van der Waals surface area contributed by atoms with Crippen molar-refractivity contribution >= 4 is 35.9 Å². The van der Waals surface area contributed by atoms with E-state index in [-0.39, 0.29) is 30.0 Å². The highest BCUT2D eigenvalue weighted by Gasteiger charge is 2.10. The number of hydrogen-bond acceptors (Lipinski definition) is 11. The van der Waals surface area contributed by atoms with Gasteiger partial charge >= 0.3 is 11.9 Å². The van der Waals surface area contributed by atoms with Gasteiger partial charge in [-0.15, -0.1) is 0 Å². The van der Waals surface area contributed by atoms with Crippen LogP contribution in [0.5, 0.6) is 0 Å². The van der Waals surface area contributed by atoms with Crippen molar-refractivity contribution in [2.75, 3.05) is 23.0 Å². The van der Waals surface area contributed by atoms with Gasteiger partial charge in [-0.1, -0.05) is 0 Å². The number of carbonyl (C=O) groups is 1. The Kier molecular flexibility index (Phi) is 5.76. The van der Waals surface area contributed by atoms with Crippen LogP contribution in [0, 0.1) is 10.1 Å². The van der Waals surface area contributed by atoms with Gasteiger partial charge < -0.3 is 20.6 Å². The number of nitrogens with zero attached hydrogens (tertiary/aromatic N) is 5. The number of carboxylic acids is 1. The van der Waals surface area contributed by atoms with E-state index in [9.17, 15) is 14.9 Å². The molecule has 0 amide bonds. The third kappa shape index (κ3) is 5.74. The number of nitro groups is 1. The van der Waals surface area contributed by atoms with Gasteiger partial charge in [0, 0.05) is 13.0 Å². The molecule has 0 fully saturated rings. The summed E-state index contributed by atoms with van der Waals surface area (Å²) in [6.07, 6.45) is 1.60. The van der Waals surface area contributed by atoms with Crippen molar-refractivity contribution in [3.63, 3.8) is 0 Å². The molecule has 2 aromatic rings. The largest absolute Gasteiger partial charge is 0.481 e. The molecule has 25 heavy (non-hydrogen) atoms. The second-order valence-corrected chi connectivity index (χ2v) is 4.57. The van der Waals surface area contributed by atoms with Crippen LogP contribution in [-0.4, -0.2) is 43.7 Å². The Bertz CT molecular complexity index is 790. The first kappa shape index (κ1) is 17.6. The molecule has 13 heteroatoms. The third-order valence-electron chi connectivity index (χ3n) is 2.65. The highest BCUT2D eigenvalue weighted by Crippen LogP contribution is 2.14. The lowest BCUT2D eigenvalue weighted by Gasteiger charge is -2.05. The van der Waals surface area contributed by atoms with E-state index in [1.54, 1.807) is 0 Å². The summed E-state index contributed by atoms with van der Waals surface area (Å²) in [6.45, 7) is 0.342. The summed E-state index contributed by atoms with van der Waals surface area (Å²) < 4.78 is 4.89. The molecule has 0 unspecified atom stereocenters. The van der Waals surface area contributed by atoms with Crippen molar-refractivity contribution in [1.29, 1.82) is 0 Å². The van der Waals surface area contributed by atoms with E-state index < -0.39 is 16.8 Å². The molecule has 5 N–H and O–H groups in total. The molecule has 132 valence electrons. The maximum Gasteiger partial charge on any atom is 0.433 e. The second kappa shape index (κ2) is 8.19. The summed E-state index contributed by atoms with van der Waals surface area (Å²) in [7, 11) is 0. The molecule has 0 radical (unpaired) electrons. The van der Waals surface area contributed by atoms with E-state index in [0.717, 1.165) is 0 Å². The zero-order valence-corrected chi connectivity index (χ0v) is 12.7. The monoisotopic (exact) mass is 350 g/mol. The van der Waals surface area contributed by atoms with Crippen LogP contribution in [0.1, 0.15) is 18.6 Å². The quantitative estimate of drug-likeness (QED) is 0.215. The predicted molar refractivity (Wildman–Crippen MR) is 86.2 cm³/mol. The molecule has 0 aliphatic heterocycles. The van der Waals surface area contributed by atoms with Crippen LogP contribution in [0.2, 0.25) is 0 Å². The number of nitrogen functional groups attached to an aromatic ring is 1. The van der Waals surface area contributed by atoms with Gasteiger partial charge in [0.05, 0.1) is 12.3 Å². The van der Waals surface area contributed by atoms with E-state index in [4.69, 9.17) is 15.3 Å². The fraction of sp³-hybridized carbons (Fsp3) is 0.250. The van der Waals surface area contributed by atoms with Crippen molar-refractivity contribution in [1.82, 2.24) is 15.0 Å². The molecule has 0 bridgehead atoms. The van der Waals surface area contributed by atoms with Gasteiger partial charge in [0.15, 0.2) is 5.76 Å². The molecule has 0 aliphatic rings. The van der Waals surface area contributed by atoms with E-state index in [0.29, 0.717) is 13.0 Å². The van der Waals surface area contributed by atoms with Crippen molar-refractivity contribution < 1.29 is 19.2 Å². The molecular formula is C12H14N8O5. The summed E-state index contributed by atoms with van der Waals surface area (Å²) in [5, 5.41) is 25.7. The highest BCUT2D eigenvalue weighted by molar-refractivity contribution is 5.76. The minimum atomic E-state index is -0.896. The fourth-order valence-electron chi connectivity index (χ4n) is 1.62. The van der Waals surface area contributed by atoms with Crippen LogP contribution in [0.25, 0.3) is 0 Å². The topological polar surface area (TPSA) is 195 Å². The first-order valence-electron chi connectivity index (χ1n) is 6.94.